The van der Waals surface area contributed by atoms with Crippen LogP contribution in [0.5, 0.6) is 0 Å². The van der Waals surface area contributed by atoms with Gasteiger partial charge < -0.3 is 9.84 Å². The Morgan fingerprint density at radius 1 is 1.62 bits per heavy atom. The minimum absolute atomic E-state index is 0.346. The molecule has 0 fully saturated rings. The molecule has 0 aliphatic heterocycles. The summed E-state index contributed by atoms with van der Waals surface area (Å²) < 4.78 is 4.50. The molecular weight excluding hydrogens is 172 g/mol. The fourth-order valence-electron chi connectivity index (χ4n) is 0.667. The number of carboxylic acids is 1. The van der Waals surface area contributed by atoms with Crippen LogP contribution in [0.15, 0.2) is 25.0 Å². The zero-order valence-electron chi connectivity index (χ0n) is 7.40. The fourth-order valence-corrected chi connectivity index (χ4v) is 0.667. The highest BCUT2D eigenvalue weighted by Crippen LogP contribution is 2.05. The van der Waals surface area contributed by atoms with Gasteiger partial charge in [-0.25, -0.2) is 4.79 Å². The van der Waals surface area contributed by atoms with Crippen molar-refractivity contribution < 1.29 is 19.4 Å². The van der Waals surface area contributed by atoms with E-state index in [1.54, 1.807) is 6.92 Å². The molecule has 1 unspecified atom stereocenters. The van der Waals surface area contributed by atoms with E-state index in [4.69, 9.17) is 5.11 Å². The lowest BCUT2D eigenvalue weighted by Gasteiger charge is -2.04. The van der Waals surface area contributed by atoms with E-state index in [2.05, 4.69) is 11.3 Å². The Morgan fingerprint density at radius 3 is 2.69 bits per heavy atom. The highest BCUT2D eigenvalue weighted by atomic mass is 16.5. The molecule has 0 aliphatic carbocycles. The topological polar surface area (TPSA) is 63.6 Å². The SMILES string of the molecule is C=COC(=O)C(C)CC=CC(=O)O. The monoisotopic (exact) mass is 184 g/mol. The van der Waals surface area contributed by atoms with Gasteiger partial charge in [-0.3, -0.25) is 4.79 Å². The molecule has 72 valence electrons. The molecule has 0 heterocycles. The van der Waals surface area contributed by atoms with Gasteiger partial charge in [-0.1, -0.05) is 19.6 Å². The molecule has 0 aromatic rings. The van der Waals surface area contributed by atoms with Crippen LogP contribution in [0.3, 0.4) is 0 Å². The van der Waals surface area contributed by atoms with E-state index < -0.39 is 11.9 Å². The molecule has 0 aromatic heterocycles. The van der Waals surface area contributed by atoms with Crippen LogP contribution in [0, 0.1) is 5.92 Å². The Bertz CT molecular complexity index is 230. The summed E-state index contributed by atoms with van der Waals surface area (Å²) >= 11 is 0. The van der Waals surface area contributed by atoms with Crippen molar-refractivity contribution in [2.24, 2.45) is 5.92 Å². The van der Waals surface area contributed by atoms with Gasteiger partial charge in [0.15, 0.2) is 0 Å². The molecule has 13 heavy (non-hydrogen) atoms. The third-order valence-electron chi connectivity index (χ3n) is 1.35. The van der Waals surface area contributed by atoms with E-state index in [9.17, 15) is 9.59 Å². The molecule has 1 atom stereocenters. The summed E-state index contributed by atoms with van der Waals surface area (Å²) in [5.41, 5.74) is 0. The molecule has 4 heteroatoms. The van der Waals surface area contributed by atoms with Gasteiger partial charge in [-0.05, 0) is 6.42 Å². The predicted octanol–water partition coefficient (Wildman–Crippen LogP) is 1.34. The van der Waals surface area contributed by atoms with E-state index in [1.165, 1.54) is 6.08 Å². The van der Waals surface area contributed by atoms with Crippen molar-refractivity contribution in [1.82, 2.24) is 0 Å². The number of hydrogen-bond donors (Lipinski definition) is 1. The van der Waals surface area contributed by atoms with Gasteiger partial charge in [0.05, 0.1) is 12.2 Å². The van der Waals surface area contributed by atoms with Gasteiger partial charge in [0.1, 0.15) is 0 Å². The number of esters is 1. The van der Waals surface area contributed by atoms with Crippen LogP contribution in [0.1, 0.15) is 13.3 Å². The van der Waals surface area contributed by atoms with Crippen LogP contribution in [-0.4, -0.2) is 17.0 Å². The normalized spacial score (nSPS) is 12.4. The summed E-state index contributed by atoms with van der Waals surface area (Å²) in [6, 6.07) is 0. The van der Waals surface area contributed by atoms with Crippen LogP contribution in [0.4, 0.5) is 0 Å². The Balaban J connectivity index is 3.86. The zero-order chi connectivity index (χ0) is 10.3. The van der Waals surface area contributed by atoms with Crippen molar-refractivity contribution in [3.63, 3.8) is 0 Å². The van der Waals surface area contributed by atoms with Crippen molar-refractivity contribution in [2.45, 2.75) is 13.3 Å². The molecule has 0 rings (SSSR count). The average molecular weight is 184 g/mol. The molecule has 0 saturated carbocycles. The van der Waals surface area contributed by atoms with Crippen LogP contribution in [0.2, 0.25) is 0 Å². The number of rotatable bonds is 5. The molecule has 0 spiro atoms. The van der Waals surface area contributed by atoms with Crippen molar-refractivity contribution in [2.75, 3.05) is 0 Å². The first-order valence-electron chi connectivity index (χ1n) is 3.78. The maximum Gasteiger partial charge on any atom is 0.327 e. The molecule has 0 aromatic carbocycles. The van der Waals surface area contributed by atoms with E-state index in [0.29, 0.717) is 6.42 Å². The van der Waals surface area contributed by atoms with Gasteiger partial charge in [0.2, 0.25) is 0 Å². The quantitative estimate of drug-likeness (QED) is 0.398. The molecular formula is C9H12O4. The largest absolute Gasteiger partial charge is 0.478 e. The highest BCUT2D eigenvalue weighted by Gasteiger charge is 2.11. The third kappa shape index (κ3) is 5.66. The second-order valence-corrected chi connectivity index (χ2v) is 2.48. The van der Waals surface area contributed by atoms with Crippen molar-refractivity contribution in [1.29, 1.82) is 0 Å². The first-order valence-corrected chi connectivity index (χ1v) is 3.78. The molecule has 0 aliphatic rings. The van der Waals surface area contributed by atoms with Gasteiger partial charge in [0, 0.05) is 6.08 Å². The summed E-state index contributed by atoms with van der Waals surface area (Å²) in [4.78, 5) is 21.0. The van der Waals surface area contributed by atoms with Gasteiger partial charge in [0.25, 0.3) is 0 Å². The minimum Gasteiger partial charge on any atom is -0.478 e. The summed E-state index contributed by atoms with van der Waals surface area (Å²) in [6.45, 7) is 4.89. The van der Waals surface area contributed by atoms with Crippen molar-refractivity contribution in [3.05, 3.63) is 25.0 Å². The predicted molar refractivity (Wildman–Crippen MR) is 46.8 cm³/mol. The maximum atomic E-state index is 10.9. The highest BCUT2D eigenvalue weighted by molar-refractivity contribution is 5.80. The van der Waals surface area contributed by atoms with Crippen LogP contribution >= 0.6 is 0 Å². The second kappa shape index (κ2) is 5.99. The number of aliphatic carboxylic acids is 1. The minimum atomic E-state index is -1.02. The van der Waals surface area contributed by atoms with Crippen molar-refractivity contribution in [3.8, 4) is 0 Å². The zero-order valence-corrected chi connectivity index (χ0v) is 7.40. The molecule has 0 amide bonds. The smallest absolute Gasteiger partial charge is 0.327 e. The van der Waals surface area contributed by atoms with Gasteiger partial charge >= 0.3 is 11.9 Å². The first kappa shape index (κ1) is 11.4. The average Bonchev–Trinajstić information content (AvgIpc) is 2.04. The second-order valence-electron chi connectivity index (χ2n) is 2.48. The Labute approximate surface area is 76.5 Å². The van der Waals surface area contributed by atoms with Crippen molar-refractivity contribution >= 4 is 11.9 Å². The van der Waals surface area contributed by atoms with Crippen LogP contribution in [-0.2, 0) is 14.3 Å². The Hall–Kier alpha value is -1.58. The fraction of sp³-hybridized carbons (Fsp3) is 0.333. The summed E-state index contributed by atoms with van der Waals surface area (Å²) in [6.07, 6.45) is 3.81. The van der Waals surface area contributed by atoms with E-state index in [-0.39, 0.29) is 5.92 Å². The first-order chi connectivity index (χ1) is 6.07. The van der Waals surface area contributed by atoms with Gasteiger partial charge in [-0.15, -0.1) is 0 Å². The number of hydrogen-bond acceptors (Lipinski definition) is 3. The molecule has 0 saturated heterocycles. The standard InChI is InChI=1S/C9H12O4/c1-3-13-9(12)7(2)5-4-6-8(10)11/h3-4,6-7H,1,5H2,2H3,(H,10,11). The van der Waals surface area contributed by atoms with E-state index in [0.717, 1.165) is 12.3 Å². The van der Waals surface area contributed by atoms with Crippen LogP contribution in [0.25, 0.3) is 0 Å². The number of ether oxygens (including phenoxy) is 1. The number of allylic oxidation sites excluding steroid dienone is 1. The lowest BCUT2D eigenvalue weighted by Crippen LogP contribution is -2.11. The lowest BCUT2D eigenvalue weighted by atomic mass is 10.1. The summed E-state index contributed by atoms with van der Waals surface area (Å²) in [7, 11) is 0. The third-order valence-corrected chi connectivity index (χ3v) is 1.35. The molecule has 0 radical (unpaired) electrons. The maximum absolute atomic E-state index is 10.9. The van der Waals surface area contributed by atoms with Gasteiger partial charge in [-0.2, -0.15) is 0 Å². The number of carbonyl (C=O) groups is 2. The van der Waals surface area contributed by atoms with E-state index >= 15 is 0 Å². The Morgan fingerprint density at radius 2 is 2.23 bits per heavy atom. The van der Waals surface area contributed by atoms with E-state index in [1.807, 2.05) is 0 Å². The molecule has 4 nitrogen and oxygen atoms in total. The van der Waals surface area contributed by atoms with Crippen LogP contribution < -0.4 is 0 Å². The summed E-state index contributed by atoms with van der Waals surface area (Å²) in [5.74, 6) is -1.79. The molecule has 1 N–H and O–H groups in total. The lowest BCUT2D eigenvalue weighted by molar-refractivity contribution is -0.142. The molecule has 0 bridgehead atoms. The number of carboxylic acid groups (broad SMARTS) is 1. The Kier molecular flexibility index (Phi) is 5.27. The number of carbonyl (C=O) groups excluding carboxylic acids is 1. The summed E-state index contributed by atoms with van der Waals surface area (Å²) in [5, 5.41) is 8.25.